The molecule has 1 aliphatic rings. The molecule has 0 aromatic carbocycles. The van der Waals surface area contributed by atoms with Crippen molar-refractivity contribution in [3.8, 4) is 0 Å². The zero-order valence-corrected chi connectivity index (χ0v) is 6.14. The van der Waals surface area contributed by atoms with Crippen LogP contribution < -0.4 is 5.73 Å². The van der Waals surface area contributed by atoms with Crippen molar-refractivity contribution in [1.29, 1.82) is 0 Å². The molecule has 3 N–H and O–H groups in total. The van der Waals surface area contributed by atoms with Gasteiger partial charge in [-0.1, -0.05) is 0 Å². The maximum Gasteiger partial charge on any atom is 0.320 e. The molecule has 1 heterocycles. The molecule has 0 saturated carbocycles. The van der Waals surface area contributed by atoms with Crippen LogP contribution in [0, 0.1) is 0 Å². The summed E-state index contributed by atoms with van der Waals surface area (Å²) in [4.78, 5) is 17.0. The van der Waals surface area contributed by atoms with Crippen molar-refractivity contribution in [3.05, 3.63) is 0 Å². The molecule has 12 heavy (non-hydrogen) atoms. The van der Waals surface area contributed by atoms with Gasteiger partial charge in [-0.15, -0.1) is 0 Å². The van der Waals surface area contributed by atoms with E-state index >= 15 is 0 Å². The number of carboxylic acid groups (broad SMARTS) is 1. The maximum atomic E-state index is 13.2. The van der Waals surface area contributed by atoms with Crippen molar-refractivity contribution in [1.82, 2.24) is 0 Å². The molecule has 0 amide bonds. The van der Waals surface area contributed by atoms with Gasteiger partial charge < -0.3 is 10.8 Å². The number of nitrogens with two attached hydrogens (primary N) is 1. The van der Waals surface area contributed by atoms with Gasteiger partial charge in [-0.25, -0.2) is 14.4 Å². The third-order valence-electron chi connectivity index (χ3n) is 1.43. The molecular formula is C6H8FN3O2. The second-order valence-corrected chi connectivity index (χ2v) is 2.49. The average Bonchev–Trinajstić information content (AvgIpc) is 2.35. The zero-order chi connectivity index (χ0) is 9.19. The molecule has 0 aromatic rings. The first-order valence-electron chi connectivity index (χ1n) is 3.29. The molecule has 66 valence electrons. The van der Waals surface area contributed by atoms with E-state index < -0.39 is 17.8 Å². The second kappa shape index (κ2) is 2.98. The van der Waals surface area contributed by atoms with Gasteiger partial charge >= 0.3 is 5.97 Å². The zero-order valence-electron chi connectivity index (χ0n) is 6.14. The highest BCUT2D eigenvalue weighted by molar-refractivity contribution is 5.85. The lowest BCUT2D eigenvalue weighted by molar-refractivity contribution is -0.139. The number of nitrogens with zero attached hydrogens (tertiary/aromatic N) is 2. The highest BCUT2D eigenvalue weighted by Gasteiger charge is 2.33. The number of carboxylic acids is 1. The predicted molar refractivity (Wildman–Crippen MR) is 41.1 cm³/mol. The fourth-order valence-electron chi connectivity index (χ4n) is 0.811. The molecule has 1 rings (SSSR count). The molecule has 2 atom stereocenters. The van der Waals surface area contributed by atoms with Crippen molar-refractivity contribution in [2.24, 2.45) is 15.7 Å². The normalized spacial score (nSPS) is 29.2. The monoisotopic (exact) mass is 173 g/mol. The van der Waals surface area contributed by atoms with Crippen LogP contribution in [0.4, 0.5) is 4.39 Å². The van der Waals surface area contributed by atoms with Crippen LogP contribution in [0.15, 0.2) is 9.98 Å². The van der Waals surface area contributed by atoms with Crippen molar-refractivity contribution >= 4 is 18.5 Å². The van der Waals surface area contributed by atoms with Crippen LogP contribution in [0.25, 0.3) is 0 Å². The van der Waals surface area contributed by atoms with Crippen molar-refractivity contribution in [2.45, 2.75) is 18.3 Å². The summed E-state index contributed by atoms with van der Waals surface area (Å²) in [7, 11) is 0. The first kappa shape index (κ1) is 8.79. The Kier molecular flexibility index (Phi) is 2.18. The Labute approximate surface area is 67.8 Å². The summed E-state index contributed by atoms with van der Waals surface area (Å²) < 4.78 is 13.2. The van der Waals surface area contributed by atoms with E-state index in [1.165, 1.54) is 0 Å². The molecule has 6 heteroatoms. The fourth-order valence-corrected chi connectivity index (χ4v) is 0.811. The van der Waals surface area contributed by atoms with Crippen LogP contribution >= 0.6 is 0 Å². The molecule has 0 saturated heterocycles. The second-order valence-electron chi connectivity index (χ2n) is 2.49. The molecule has 0 bridgehead atoms. The van der Waals surface area contributed by atoms with Crippen LogP contribution in [0.5, 0.6) is 0 Å². The average molecular weight is 173 g/mol. The maximum absolute atomic E-state index is 13.2. The quantitative estimate of drug-likeness (QED) is 0.567. The number of alkyl halides is 1. The number of aliphatic imine (C=N–C) groups is 2. The molecule has 1 aliphatic heterocycles. The Hall–Kier alpha value is -1.30. The Bertz CT molecular complexity index is 239. The Morgan fingerprint density at radius 2 is 2.50 bits per heavy atom. The molecular weight excluding hydrogens is 165 g/mol. The van der Waals surface area contributed by atoms with Gasteiger partial charge in [0.1, 0.15) is 12.4 Å². The van der Waals surface area contributed by atoms with Crippen LogP contribution in [0.2, 0.25) is 0 Å². The fraction of sp³-hybridized carbons (Fsp3) is 0.500. The molecule has 0 aliphatic carbocycles. The van der Waals surface area contributed by atoms with E-state index in [0.717, 1.165) is 12.6 Å². The summed E-state index contributed by atoms with van der Waals surface area (Å²) in [5.74, 6) is -3.28. The molecule has 2 unspecified atom stereocenters. The molecule has 0 radical (unpaired) electrons. The van der Waals surface area contributed by atoms with Gasteiger partial charge in [-0.05, 0) is 0 Å². The van der Waals surface area contributed by atoms with Gasteiger partial charge in [0.05, 0.1) is 6.21 Å². The number of halogens is 1. The molecule has 0 spiro atoms. The van der Waals surface area contributed by atoms with Crippen molar-refractivity contribution in [2.75, 3.05) is 0 Å². The minimum Gasteiger partial charge on any atom is -0.480 e. The highest BCUT2D eigenvalue weighted by atomic mass is 19.1. The van der Waals surface area contributed by atoms with Crippen molar-refractivity contribution in [3.63, 3.8) is 0 Å². The number of aliphatic carboxylic acids is 1. The van der Waals surface area contributed by atoms with Gasteiger partial charge in [0, 0.05) is 6.42 Å². The lowest BCUT2D eigenvalue weighted by Gasteiger charge is -2.14. The lowest BCUT2D eigenvalue weighted by atomic mass is 10.1. The van der Waals surface area contributed by atoms with E-state index in [2.05, 4.69) is 9.98 Å². The summed E-state index contributed by atoms with van der Waals surface area (Å²) in [5, 5.41) is 8.37. The lowest BCUT2D eigenvalue weighted by Crippen LogP contribution is -2.38. The summed E-state index contributed by atoms with van der Waals surface area (Å²) in [5.41, 5.74) is 5.11. The van der Waals surface area contributed by atoms with Crippen LogP contribution in [-0.2, 0) is 4.79 Å². The van der Waals surface area contributed by atoms with E-state index in [4.69, 9.17) is 10.8 Å². The van der Waals surface area contributed by atoms with Gasteiger partial charge in [-0.2, -0.15) is 0 Å². The summed E-state index contributed by atoms with van der Waals surface area (Å²) >= 11 is 0. The standard InChI is InChI=1S/C6H8FN3O2/c7-6(2-9-3-10-6)1-4(8)5(11)12/h2-4H,1,8H2,(H,11,12). The summed E-state index contributed by atoms with van der Waals surface area (Å²) in [6.07, 6.45) is 1.59. The van der Waals surface area contributed by atoms with Crippen LogP contribution in [0.3, 0.4) is 0 Å². The Morgan fingerprint density at radius 1 is 1.83 bits per heavy atom. The molecule has 5 nitrogen and oxygen atoms in total. The van der Waals surface area contributed by atoms with E-state index in [0.29, 0.717) is 0 Å². The SMILES string of the molecule is NC(CC1(F)C=NC=N1)C(=O)O. The Balaban J connectivity index is 2.56. The summed E-state index contributed by atoms with van der Waals surface area (Å²) in [6.45, 7) is 0. The van der Waals surface area contributed by atoms with E-state index in [1.807, 2.05) is 0 Å². The first-order valence-corrected chi connectivity index (χ1v) is 3.29. The minimum absolute atomic E-state index is 0.387. The first-order chi connectivity index (χ1) is 5.53. The topological polar surface area (TPSA) is 88.0 Å². The largest absolute Gasteiger partial charge is 0.480 e. The summed E-state index contributed by atoms with van der Waals surface area (Å²) in [6, 6.07) is -1.25. The molecule has 0 fully saturated rings. The van der Waals surface area contributed by atoms with Gasteiger partial charge in [0.15, 0.2) is 0 Å². The van der Waals surface area contributed by atoms with Gasteiger partial charge in [-0.3, -0.25) is 4.79 Å². The number of hydrogen-bond acceptors (Lipinski definition) is 4. The smallest absolute Gasteiger partial charge is 0.320 e. The van der Waals surface area contributed by atoms with Crippen LogP contribution in [-0.4, -0.2) is 35.5 Å². The van der Waals surface area contributed by atoms with Gasteiger partial charge in [0.2, 0.25) is 5.79 Å². The van der Waals surface area contributed by atoms with E-state index in [9.17, 15) is 9.18 Å². The Morgan fingerprint density at radius 3 is 2.92 bits per heavy atom. The highest BCUT2D eigenvalue weighted by Crippen LogP contribution is 2.19. The third kappa shape index (κ3) is 1.85. The minimum atomic E-state index is -2.03. The van der Waals surface area contributed by atoms with Crippen LogP contribution in [0.1, 0.15) is 6.42 Å². The van der Waals surface area contributed by atoms with Crippen molar-refractivity contribution < 1.29 is 14.3 Å². The van der Waals surface area contributed by atoms with E-state index in [-0.39, 0.29) is 6.42 Å². The van der Waals surface area contributed by atoms with Gasteiger partial charge in [0.25, 0.3) is 0 Å². The molecule has 0 aromatic heterocycles. The number of rotatable bonds is 3. The van der Waals surface area contributed by atoms with E-state index in [1.54, 1.807) is 0 Å². The predicted octanol–water partition coefficient (Wildman–Crippen LogP) is -0.433. The number of carbonyl (C=O) groups is 1. The number of hydrogen-bond donors (Lipinski definition) is 2. The third-order valence-corrected chi connectivity index (χ3v) is 1.43.